The molecule has 3 heterocycles. The summed E-state index contributed by atoms with van der Waals surface area (Å²) < 4.78 is 49.6. The Morgan fingerprint density at radius 3 is 2.58 bits per heavy atom. The molecule has 36 heavy (non-hydrogen) atoms. The third-order valence-corrected chi connectivity index (χ3v) is 7.60. The molecule has 1 saturated heterocycles. The normalized spacial score (nSPS) is 21.9. The molecule has 2 aromatic carbocycles. The average molecular weight is 502 g/mol. The van der Waals surface area contributed by atoms with Crippen molar-refractivity contribution >= 4 is 10.9 Å². The monoisotopic (exact) mass is 501 g/mol. The molecule has 2 aliphatic heterocycles. The molecule has 2 N–H and O–H groups in total. The second-order valence-electron chi connectivity index (χ2n) is 10.4. The number of aromatic nitrogens is 1. The summed E-state index contributed by atoms with van der Waals surface area (Å²) in [4.78, 5) is 7.59. The third kappa shape index (κ3) is 4.74. The van der Waals surface area contributed by atoms with Gasteiger partial charge >= 0.3 is 0 Å². The Morgan fingerprint density at radius 2 is 1.89 bits per heavy atom. The number of alkyl halides is 1. The van der Waals surface area contributed by atoms with Crippen LogP contribution in [-0.4, -0.2) is 72.0 Å². The molecule has 1 unspecified atom stereocenters. The van der Waals surface area contributed by atoms with Gasteiger partial charge in [-0.2, -0.15) is 0 Å². The number of hydrogen-bond donors (Lipinski definition) is 2. The number of ether oxygens (including phenoxy) is 1. The van der Waals surface area contributed by atoms with E-state index >= 15 is 8.78 Å². The van der Waals surface area contributed by atoms with Crippen LogP contribution >= 0.6 is 0 Å². The number of halogens is 3. The Morgan fingerprint density at radius 1 is 1.17 bits per heavy atom. The van der Waals surface area contributed by atoms with Crippen molar-refractivity contribution in [3.8, 4) is 5.75 Å². The first kappa shape index (κ1) is 25.1. The molecule has 0 saturated carbocycles. The van der Waals surface area contributed by atoms with Gasteiger partial charge in [0.05, 0.1) is 12.7 Å². The summed E-state index contributed by atoms with van der Waals surface area (Å²) in [6.45, 7) is 6.44. The second kappa shape index (κ2) is 10.4. The van der Waals surface area contributed by atoms with E-state index in [1.54, 1.807) is 0 Å². The van der Waals surface area contributed by atoms with E-state index in [-0.39, 0.29) is 49.1 Å². The van der Waals surface area contributed by atoms with E-state index in [0.29, 0.717) is 26.2 Å². The van der Waals surface area contributed by atoms with Crippen LogP contribution < -0.4 is 4.74 Å². The van der Waals surface area contributed by atoms with Gasteiger partial charge in [-0.3, -0.25) is 14.2 Å². The van der Waals surface area contributed by atoms with E-state index in [1.165, 1.54) is 12.1 Å². The highest BCUT2D eigenvalue weighted by atomic mass is 19.1. The minimum atomic E-state index is -0.656. The number of aromatic amines is 1. The van der Waals surface area contributed by atoms with Gasteiger partial charge in [-0.1, -0.05) is 25.1 Å². The topological polar surface area (TPSA) is 51.7 Å². The molecular weight excluding hydrogens is 467 g/mol. The molecule has 0 spiro atoms. The van der Waals surface area contributed by atoms with Crippen LogP contribution in [-0.2, 0) is 6.42 Å². The number of H-pyrrole nitrogens is 1. The molecule has 3 aromatic rings. The van der Waals surface area contributed by atoms with Crippen LogP contribution in [0.1, 0.15) is 36.7 Å². The lowest BCUT2D eigenvalue weighted by atomic mass is 9.87. The van der Waals surface area contributed by atoms with Gasteiger partial charge in [0.15, 0.2) is 0 Å². The van der Waals surface area contributed by atoms with Crippen molar-refractivity contribution in [2.45, 2.75) is 32.4 Å². The zero-order valence-corrected chi connectivity index (χ0v) is 20.8. The number of aliphatic hydroxyl groups is 1. The highest BCUT2D eigenvalue weighted by Crippen LogP contribution is 2.43. The van der Waals surface area contributed by atoms with Crippen LogP contribution in [0.25, 0.3) is 10.9 Å². The smallest absolute Gasteiger partial charge is 0.135 e. The van der Waals surface area contributed by atoms with Crippen LogP contribution in [0.2, 0.25) is 0 Å². The Hall–Kier alpha value is -2.55. The summed E-state index contributed by atoms with van der Waals surface area (Å²) in [5, 5.41) is 10.8. The second-order valence-corrected chi connectivity index (χ2v) is 10.4. The van der Waals surface area contributed by atoms with Crippen molar-refractivity contribution in [2.75, 3.05) is 46.1 Å². The van der Waals surface area contributed by atoms with Gasteiger partial charge in [0.25, 0.3) is 0 Å². The average Bonchev–Trinajstić information content (AvgIpc) is 3.19. The highest BCUT2D eigenvalue weighted by Gasteiger charge is 2.39. The number of hydrogen-bond acceptors (Lipinski definition) is 4. The predicted octanol–water partition coefficient (Wildman–Crippen LogP) is 4.69. The van der Waals surface area contributed by atoms with E-state index in [0.717, 1.165) is 28.6 Å². The van der Waals surface area contributed by atoms with Gasteiger partial charge in [-0.25, -0.2) is 8.78 Å². The molecule has 1 aromatic heterocycles. The number of para-hydroxylation sites is 1. The number of nitrogens with one attached hydrogen (secondary N) is 1. The molecule has 194 valence electrons. The maximum absolute atomic E-state index is 15.7. The van der Waals surface area contributed by atoms with E-state index in [2.05, 4.69) is 21.7 Å². The fourth-order valence-electron chi connectivity index (χ4n) is 5.68. The van der Waals surface area contributed by atoms with Crippen molar-refractivity contribution in [1.29, 1.82) is 0 Å². The molecule has 5 nitrogen and oxygen atoms in total. The summed E-state index contributed by atoms with van der Waals surface area (Å²) in [5.74, 6) is -1.13. The first-order chi connectivity index (χ1) is 17.4. The van der Waals surface area contributed by atoms with E-state index < -0.39 is 17.7 Å². The van der Waals surface area contributed by atoms with Crippen LogP contribution in [0, 0.1) is 23.5 Å². The zero-order chi connectivity index (χ0) is 25.4. The first-order valence-corrected chi connectivity index (χ1v) is 12.8. The lowest BCUT2D eigenvalue weighted by Gasteiger charge is -2.42. The maximum atomic E-state index is 15.7. The Balaban J connectivity index is 1.46. The fourth-order valence-corrected chi connectivity index (χ4v) is 5.68. The van der Waals surface area contributed by atoms with E-state index in [1.807, 2.05) is 31.2 Å². The summed E-state index contributed by atoms with van der Waals surface area (Å²) in [6, 6.07) is 9.82. The van der Waals surface area contributed by atoms with Gasteiger partial charge < -0.3 is 14.8 Å². The predicted molar refractivity (Wildman–Crippen MR) is 134 cm³/mol. The van der Waals surface area contributed by atoms with Crippen molar-refractivity contribution in [1.82, 2.24) is 14.8 Å². The van der Waals surface area contributed by atoms with Gasteiger partial charge in [-0.15, -0.1) is 0 Å². The van der Waals surface area contributed by atoms with Crippen molar-refractivity contribution in [2.24, 2.45) is 11.8 Å². The fraction of sp³-hybridized carbons (Fsp3) is 0.500. The van der Waals surface area contributed by atoms with Crippen molar-refractivity contribution in [3.63, 3.8) is 0 Å². The van der Waals surface area contributed by atoms with E-state index in [4.69, 9.17) is 4.74 Å². The Kier molecular flexibility index (Phi) is 7.28. The molecule has 3 atom stereocenters. The van der Waals surface area contributed by atoms with E-state index in [9.17, 15) is 9.50 Å². The first-order valence-electron chi connectivity index (χ1n) is 12.8. The molecule has 5 rings (SSSR count). The quantitative estimate of drug-likeness (QED) is 0.447. The largest absolute Gasteiger partial charge is 0.492 e. The molecule has 8 heteroatoms. The number of nitrogens with zero attached hydrogens (tertiary/aromatic N) is 2. The zero-order valence-electron chi connectivity index (χ0n) is 20.8. The van der Waals surface area contributed by atoms with Crippen LogP contribution in [0.3, 0.4) is 0 Å². The lowest BCUT2D eigenvalue weighted by Crippen LogP contribution is -2.49. The van der Waals surface area contributed by atoms with Crippen LogP contribution in [0.5, 0.6) is 5.75 Å². The van der Waals surface area contributed by atoms with Gasteiger partial charge in [-0.05, 0) is 30.9 Å². The summed E-state index contributed by atoms with van der Waals surface area (Å²) in [6.07, 6.45) is 0.748. The molecule has 0 aliphatic carbocycles. The minimum Gasteiger partial charge on any atom is -0.492 e. The standard InChI is InChI=1S/C28H34F3N3O2/c1-17(16-35)13-34-18(2)9-22-21-5-3-4-6-25(21)32-27(22)28(34)26-23(30)10-20(11-24(26)31)36-8-7-33-14-19(12-29)15-33/h3-6,10-11,17-19,28,32,35H,7-9,12-16H2,1-2H3/t17?,18-,28-/m1/s1. The molecule has 2 aliphatic rings. The number of likely N-dealkylation sites (tertiary alicyclic amines) is 1. The summed E-state index contributed by atoms with van der Waals surface area (Å²) in [7, 11) is 0. The van der Waals surface area contributed by atoms with Gasteiger partial charge in [0, 0.05) is 79.0 Å². The summed E-state index contributed by atoms with van der Waals surface area (Å²) >= 11 is 0. The van der Waals surface area contributed by atoms with Crippen LogP contribution in [0.4, 0.5) is 13.2 Å². The van der Waals surface area contributed by atoms with Crippen LogP contribution in [0.15, 0.2) is 36.4 Å². The minimum absolute atomic E-state index is 0.00364. The van der Waals surface area contributed by atoms with Crippen molar-refractivity contribution < 1.29 is 23.0 Å². The third-order valence-electron chi connectivity index (χ3n) is 7.60. The number of rotatable bonds is 9. The summed E-state index contributed by atoms with van der Waals surface area (Å²) in [5.41, 5.74) is 2.81. The Bertz CT molecular complexity index is 1190. The maximum Gasteiger partial charge on any atom is 0.135 e. The highest BCUT2D eigenvalue weighted by molar-refractivity contribution is 5.85. The lowest BCUT2D eigenvalue weighted by molar-refractivity contribution is 0.0667. The number of fused-ring (bicyclic) bond motifs is 3. The molecule has 0 bridgehead atoms. The molecule has 1 fully saturated rings. The Labute approximate surface area is 209 Å². The SMILES string of the molecule is CC(CO)CN1[C@H](c2c(F)cc(OCCN3CC(CF)C3)cc2F)c2[nH]c3ccccc3c2C[C@H]1C. The van der Waals surface area contributed by atoms with Gasteiger partial charge in [0.1, 0.15) is 24.0 Å². The molecule has 0 radical (unpaired) electrons. The van der Waals surface area contributed by atoms with Gasteiger partial charge in [0.2, 0.25) is 0 Å². The van der Waals surface area contributed by atoms with Crippen molar-refractivity contribution in [3.05, 3.63) is 64.9 Å². The number of benzene rings is 2. The number of aliphatic hydroxyl groups excluding tert-OH is 1. The molecular formula is C28H34F3N3O2. The molecule has 0 amide bonds.